The predicted molar refractivity (Wildman–Crippen MR) is 78.0 cm³/mol. The lowest BCUT2D eigenvalue weighted by Gasteiger charge is -2.11. The summed E-state index contributed by atoms with van der Waals surface area (Å²) in [4.78, 5) is 8.95. The lowest BCUT2D eigenvalue weighted by Crippen LogP contribution is -2.21. The molecular formula is C15H24O6. The second-order valence-corrected chi connectivity index (χ2v) is 4.18. The van der Waals surface area contributed by atoms with Crippen molar-refractivity contribution in [3.05, 3.63) is 29.8 Å². The summed E-state index contributed by atoms with van der Waals surface area (Å²) < 4.78 is 14.6. The summed E-state index contributed by atoms with van der Waals surface area (Å²) in [5, 5.41) is 17.8. The third-order valence-electron chi connectivity index (χ3n) is 2.26. The molecule has 0 spiro atoms. The number of hydrogen-bond acceptors (Lipinski definition) is 6. The third-order valence-corrected chi connectivity index (χ3v) is 2.26. The first-order chi connectivity index (χ1) is 10.2. The number of ether oxygens (including phenoxy) is 3. The molecule has 0 aliphatic carbocycles. The van der Waals surface area contributed by atoms with Crippen molar-refractivity contribution in [1.29, 1.82) is 0 Å². The van der Waals surface area contributed by atoms with Gasteiger partial charge in [-0.2, -0.15) is 0 Å². The van der Waals surface area contributed by atoms with Crippen LogP contribution in [0.3, 0.4) is 0 Å². The van der Waals surface area contributed by atoms with Gasteiger partial charge >= 0.3 is 0 Å². The van der Waals surface area contributed by atoms with Crippen LogP contribution in [0.1, 0.15) is 18.9 Å². The van der Waals surface area contributed by atoms with Crippen molar-refractivity contribution in [2.75, 3.05) is 26.9 Å². The Morgan fingerprint density at radius 3 is 2.67 bits per heavy atom. The van der Waals surface area contributed by atoms with Crippen LogP contribution in [0.2, 0.25) is 0 Å². The zero-order valence-corrected chi connectivity index (χ0v) is 12.5. The monoisotopic (exact) mass is 300 g/mol. The Labute approximate surface area is 125 Å². The minimum Gasteiger partial charge on any atom is -0.491 e. The van der Waals surface area contributed by atoms with Gasteiger partial charge < -0.3 is 24.4 Å². The largest absolute Gasteiger partial charge is 0.491 e. The van der Waals surface area contributed by atoms with Crippen molar-refractivity contribution in [3.8, 4) is 5.75 Å². The van der Waals surface area contributed by atoms with E-state index in [1.54, 1.807) is 0 Å². The standard InChI is InChI=1S/C13H20O4.C2H4O2/c1-2-6-16-9-11-4-3-5-13(7-11)17-10-12(15)8-14;1-4-2-3/h3-5,7,12,14-15H,2,6,8-10H2,1H3;2H,1H3. The Kier molecular flexibility index (Phi) is 12.3. The third kappa shape index (κ3) is 10.8. The van der Waals surface area contributed by atoms with E-state index >= 15 is 0 Å². The number of methoxy groups -OCH3 is 1. The van der Waals surface area contributed by atoms with Crippen LogP contribution >= 0.6 is 0 Å². The molecule has 0 aromatic heterocycles. The van der Waals surface area contributed by atoms with E-state index in [0.717, 1.165) is 18.6 Å². The van der Waals surface area contributed by atoms with Gasteiger partial charge in [0.1, 0.15) is 18.5 Å². The summed E-state index contributed by atoms with van der Waals surface area (Å²) in [7, 11) is 1.31. The van der Waals surface area contributed by atoms with Gasteiger partial charge in [-0.05, 0) is 24.1 Å². The zero-order chi connectivity index (χ0) is 15.9. The molecule has 1 unspecified atom stereocenters. The smallest absolute Gasteiger partial charge is 0.292 e. The van der Waals surface area contributed by atoms with Gasteiger partial charge in [-0.25, -0.2) is 0 Å². The Balaban J connectivity index is 0.000000885. The highest BCUT2D eigenvalue weighted by Gasteiger charge is 2.03. The first-order valence-corrected chi connectivity index (χ1v) is 6.72. The molecule has 0 radical (unpaired) electrons. The molecule has 2 N–H and O–H groups in total. The molecular weight excluding hydrogens is 276 g/mol. The molecule has 1 atom stereocenters. The highest BCUT2D eigenvalue weighted by Crippen LogP contribution is 2.14. The van der Waals surface area contributed by atoms with Crippen LogP contribution < -0.4 is 4.74 Å². The van der Waals surface area contributed by atoms with E-state index in [2.05, 4.69) is 11.7 Å². The molecule has 1 aromatic carbocycles. The maximum atomic E-state index is 9.16. The van der Waals surface area contributed by atoms with Crippen LogP contribution in [0, 0.1) is 0 Å². The van der Waals surface area contributed by atoms with Gasteiger partial charge in [-0.15, -0.1) is 0 Å². The summed E-state index contributed by atoms with van der Waals surface area (Å²) in [6, 6.07) is 7.53. The van der Waals surface area contributed by atoms with Crippen LogP contribution in [0.4, 0.5) is 0 Å². The Bertz CT molecular complexity index is 369. The van der Waals surface area contributed by atoms with Crippen LogP contribution in [0.25, 0.3) is 0 Å². The van der Waals surface area contributed by atoms with E-state index in [1.165, 1.54) is 7.11 Å². The van der Waals surface area contributed by atoms with Crippen molar-refractivity contribution >= 4 is 6.47 Å². The number of benzene rings is 1. The summed E-state index contributed by atoms with van der Waals surface area (Å²) in [6.07, 6.45) is 0.161. The minimum atomic E-state index is -0.838. The van der Waals surface area contributed by atoms with Crippen LogP contribution in [-0.4, -0.2) is 49.7 Å². The number of aliphatic hydroxyl groups excluding tert-OH is 2. The van der Waals surface area contributed by atoms with Gasteiger partial charge in [-0.3, -0.25) is 4.79 Å². The molecule has 0 fully saturated rings. The highest BCUT2D eigenvalue weighted by atomic mass is 16.5. The van der Waals surface area contributed by atoms with Crippen LogP contribution in [0.15, 0.2) is 24.3 Å². The molecule has 120 valence electrons. The molecule has 0 amide bonds. The zero-order valence-electron chi connectivity index (χ0n) is 12.5. The highest BCUT2D eigenvalue weighted by molar-refractivity contribution is 5.36. The molecule has 1 rings (SSSR count). The SMILES string of the molecule is CCCOCc1cccc(OCC(O)CO)c1.COC=O. The summed E-state index contributed by atoms with van der Waals surface area (Å²) in [6.45, 7) is 3.55. The summed E-state index contributed by atoms with van der Waals surface area (Å²) >= 11 is 0. The van der Waals surface area contributed by atoms with Gasteiger partial charge in [0.15, 0.2) is 0 Å². The van der Waals surface area contributed by atoms with E-state index in [0.29, 0.717) is 18.8 Å². The molecule has 0 heterocycles. The van der Waals surface area contributed by atoms with Crippen molar-refractivity contribution in [2.45, 2.75) is 26.1 Å². The number of carbonyl (C=O) groups excluding carboxylic acids is 1. The summed E-state index contributed by atoms with van der Waals surface area (Å²) in [5.74, 6) is 0.676. The number of rotatable bonds is 9. The van der Waals surface area contributed by atoms with Crippen LogP contribution in [0.5, 0.6) is 5.75 Å². The number of aliphatic hydroxyl groups is 2. The molecule has 0 saturated heterocycles. The normalized spacial score (nSPS) is 11.0. The van der Waals surface area contributed by atoms with Gasteiger partial charge in [-0.1, -0.05) is 19.1 Å². The van der Waals surface area contributed by atoms with Crippen molar-refractivity contribution in [1.82, 2.24) is 0 Å². The fourth-order valence-corrected chi connectivity index (χ4v) is 1.30. The average molecular weight is 300 g/mol. The quantitative estimate of drug-likeness (QED) is 0.525. The predicted octanol–water partition coefficient (Wildman–Crippen LogP) is 1.13. The lowest BCUT2D eigenvalue weighted by molar-refractivity contribution is -0.126. The first kappa shape index (κ1) is 19.4. The number of carbonyl (C=O) groups is 1. The molecule has 6 heteroatoms. The Hall–Kier alpha value is -1.63. The van der Waals surface area contributed by atoms with E-state index < -0.39 is 6.10 Å². The molecule has 0 saturated carbocycles. The molecule has 0 bridgehead atoms. The number of hydrogen-bond donors (Lipinski definition) is 2. The van der Waals surface area contributed by atoms with Gasteiger partial charge in [0.25, 0.3) is 6.47 Å². The van der Waals surface area contributed by atoms with Gasteiger partial charge in [0, 0.05) is 6.61 Å². The Morgan fingerprint density at radius 1 is 1.38 bits per heavy atom. The molecule has 21 heavy (non-hydrogen) atoms. The maximum Gasteiger partial charge on any atom is 0.292 e. The summed E-state index contributed by atoms with van der Waals surface area (Å²) in [5.41, 5.74) is 1.04. The lowest BCUT2D eigenvalue weighted by atomic mass is 10.2. The van der Waals surface area contributed by atoms with Gasteiger partial charge in [0.2, 0.25) is 0 Å². The minimum absolute atomic E-state index is 0.0930. The van der Waals surface area contributed by atoms with Crippen molar-refractivity contribution in [2.24, 2.45) is 0 Å². The molecule has 1 aromatic rings. The molecule has 0 aliphatic heterocycles. The second-order valence-electron chi connectivity index (χ2n) is 4.18. The average Bonchev–Trinajstić information content (AvgIpc) is 2.53. The fraction of sp³-hybridized carbons (Fsp3) is 0.533. The van der Waals surface area contributed by atoms with E-state index in [9.17, 15) is 0 Å². The van der Waals surface area contributed by atoms with E-state index in [1.807, 2.05) is 24.3 Å². The topological polar surface area (TPSA) is 85.2 Å². The van der Waals surface area contributed by atoms with E-state index in [-0.39, 0.29) is 13.2 Å². The van der Waals surface area contributed by atoms with E-state index in [4.69, 9.17) is 24.5 Å². The van der Waals surface area contributed by atoms with Crippen molar-refractivity contribution < 1.29 is 29.2 Å². The second kappa shape index (κ2) is 13.4. The Morgan fingerprint density at radius 2 is 2.10 bits per heavy atom. The van der Waals surface area contributed by atoms with Gasteiger partial charge in [0.05, 0.1) is 20.3 Å². The van der Waals surface area contributed by atoms with Crippen LogP contribution in [-0.2, 0) is 20.9 Å². The van der Waals surface area contributed by atoms with Crippen molar-refractivity contribution in [3.63, 3.8) is 0 Å². The molecule has 0 aliphatic rings. The molecule has 6 nitrogen and oxygen atoms in total. The fourth-order valence-electron chi connectivity index (χ4n) is 1.30. The maximum absolute atomic E-state index is 9.16. The first-order valence-electron chi connectivity index (χ1n) is 6.72.